The zero-order valence-electron chi connectivity index (χ0n) is 14.3. The number of carbonyl (C=O) groups excluding carboxylic acids is 1. The number of aliphatic carboxylic acids is 1. The average molecular weight is 378 g/mol. The van der Waals surface area contributed by atoms with Gasteiger partial charge in [0, 0.05) is 30.9 Å². The number of carbonyl (C=O) groups is 2. The lowest BCUT2D eigenvalue weighted by molar-refractivity contribution is -0.222. The third-order valence-electron chi connectivity index (χ3n) is 3.51. The number of benzene rings is 1. The van der Waals surface area contributed by atoms with Crippen molar-refractivity contribution in [1.29, 1.82) is 0 Å². The number of halogens is 3. The van der Waals surface area contributed by atoms with Gasteiger partial charge in [0.15, 0.2) is 6.10 Å². The topological polar surface area (TPSA) is 111 Å². The molecule has 0 heterocycles. The maximum absolute atomic E-state index is 13.3. The van der Waals surface area contributed by atoms with Gasteiger partial charge < -0.3 is 25.6 Å². The molecular formula is C16H21F3N2O5. The Morgan fingerprint density at radius 1 is 1.35 bits per heavy atom. The first-order valence-electron chi connectivity index (χ1n) is 7.69. The lowest BCUT2D eigenvalue weighted by Gasteiger charge is -2.24. The Balaban J connectivity index is 3.39. The standard InChI is InChI=1S/C16H21F3N2O5/c1-3-26-14(16(17,18)19)11-5-4-9(6-12(11)21-15(20)24)10(8-25-2)7-13(22)23/h4-6,10,14H,3,7-8H2,1-2H3,(H,22,23)(H3,20,21,24)/t10-,14-/m1/s1. The van der Waals surface area contributed by atoms with Crippen molar-refractivity contribution in [3.8, 4) is 0 Å². The SMILES string of the molecule is CCO[C@H](c1ccc([C@@H](COC)CC(=O)O)cc1NC(N)=O)C(F)(F)F. The maximum Gasteiger partial charge on any atom is 0.418 e. The predicted molar refractivity (Wildman–Crippen MR) is 86.9 cm³/mol. The molecule has 0 aliphatic rings. The summed E-state index contributed by atoms with van der Waals surface area (Å²) in [5, 5.41) is 11.1. The fraction of sp³-hybridized carbons (Fsp3) is 0.500. The highest BCUT2D eigenvalue weighted by Crippen LogP contribution is 2.40. The average Bonchev–Trinajstić information content (AvgIpc) is 2.50. The summed E-state index contributed by atoms with van der Waals surface area (Å²) in [6.45, 7) is 1.25. The molecule has 1 aromatic rings. The van der Waals surface area contributed by atoms with Gasteiger partial charge in [0.25, 0.3) is 0 Å². The van der Waals surface area contributed by atoms with Gasteiger partial charge in [-0.3, -0.25) is 4.79 Å². The molecule has 0 aliphatic carbocycles. The van der Waals surface area contributed by atoms with Gasteiger partial charge in [-0.2, -0.15) is 13.2 Å². The first-order chi connectivity index (χ1) is 12.1. The number of methoxy groups -OCH3 is 1. The Hall–Kier alpha value is -2.33. The molecule has 0 bridgehead atoms. The summed E-state index contributed by atoms with van der Waals surface area (Å²) in [5.74, 6) is -1.71. The number of anilines is 1. The van der Waals surface area contributed by atoms with Gasteiger partial charge in [-0.25, -0.2) is 4.79 Å². The number of amides is 2. The fourth-order valence-electron chi connectivity index (χ4n) is 2.51. The van der Waals surface area contributed by atoms with E-state index in [0.29, 0.717) is 5.56 Å². The molecule has 7 nitrogen and oxygen atoms in total. The maximum atomic E-state index is 13.3. The van der Waals surface area contributed by atoms with Crippen LogP contribution in [0.2, 0.25) is 0 Å². The largest absolute Gasteiger partial charge is 0.481 e. The number of primary amides is 1. The van der Waals surface area contributed by atoms with E-state index in [9.17, 15) is 22.8 Å². The van der Waals surface area contributed by atoms with E-state index in [1.54, 1.807) is 0 Å². The van der Waals surface area contributed by atoms with Crippen LogP contribution in [-0.2, 0) is 14.3 Å². The number of hydrogen-bond donors (Lipinski definition) is 3. The summed E-state index contributed by atoms with van der Waals surface area (Å²) in [5.41, 5.74) is 4.92. The molecule has 2 atom stereocenters. The van der Waals surface area contributed by atoms with E-state index in [-0.39, 0.29) is 30.9 Å². The fourth-order valence-corrected chi connectivity index (χ4v) is 2.51. The molecule has 0 spiro atoms. The van der Waals surface area contributed by atoms with E-state index < -0.39 is 30.2 Å². The second-order valence-corrected chi connectivity index (χ2v) is 5.46. The molecule has 146 valence electrons. The molecule has 0 unspecified atom stereocenters. The lowest BCUT2D eigenvalue weighted by Crippen LogP contribution is -2.27. The first-order valence-corrected chi connectivity index (χ1v) is 7.69. The Kier molecular flexibility index (Phi) is 7.84. The van der Waals surface area contributed by atoms with Gasteiger partial charge in [0.2, 0.25) is 0 Å². The Bertz CT molecular complexity index is 637. The van der Waals surface area contributed by atoms with Crippen molar-refractivity contribution >= 4 is 17.7 Å². The van der Waals surface area contributed by atoms with Crippen LogP contribution in [0.25, 0.3) is 0 Å². The highest BCUT2D eigenvalue weighted by atomic mass is 19.4. The number of carboxylic acids is 1. The monoisotopic (exact) mass is 378 g/mol. The Morgan fingerprint density at radius 3 is 2.46 bits per heavy atom. The van der Waals surface area contributed by atoms with Crippen LogP contribution in [0, 0.1) is 0 Å². The molecule has 0 aromatic heterocycles. The summed E-state index contributed by atoms with van der Waals surface area (Å²) in [7, 11) is 1.38. The number of ether oxygens (including phenoxy) is 2. The van der Waals surface area contributed by atoms with Crippen LogP contribution >= 0.6 is 0 Å². The molecule has 0 radical (unpaired) electrons. The molecule has 0 saturated heterocycles. The van der Waals surface area contributed by atoms with Crippen molar-refractivity contribution in [1.82, 2.24) is 0 Å². The third kappa shape index (κ3) is 6.19. The number of nitrogens with one attached hydrogen (secondary N) is 1. The molecule has 0 saturated carbocycles. The molecule has 1 rings (SSSR count). The van der Waals surface area contributed by atoms with Crippen molar-refractivity contribution < 1.29 is 37.3 Å². The molecule has 1 aromatic carbocycles. The van der Waals surface area contributed by atoms with Crippen molar-refractivity contribution in [2.75, 3.05) is 25.6 Å². The van der Waals surface area contributed by atoms with Crippen LogP contribution in [0.15, 0.2) is 18.2 Å². The zero-order valence-corrected chi connectivity index (χ0v) is 14.3. The molecule has 0 fully saturated rings. The van der Waals surface area contributed by atoms with Crippen molar-refractivity contribution in [2.45, 2.75) is 31.5 Å². The predicted octanol–water partition coefficient (Wildman–Crippen LogP) is 3.02. The molecule has 2 amide bonds. The molecule has 26 heavy (non-hydrogen) atoms. The van der Waals surface area contributed by atoms with Crippen LogP contribution < -0.4 is 11.1 Å². The summed E-state index contributed by atoms with van der Waals surface area (Å²) in [4.78, 5) is 22.2. The first kappa shape index (κ1) is 21.7. The summed E-state index contributed by atoms with van der Waals surface area (Å²) >= 11 is 0. The summed E-state index contributed by atoms with van der Waals surface area (Å²) < 4.78 is 49.6. The Labute approximate surface area is 148 Å². The number of alkyl halides is 3. The minimum absolute atomic E-state index is 0.0375. The van der Waals surface area contributed by atoms with Crippen LogP contribution in [0.3, 0.4) is 0 Å². The third-order valence-corrected chi connectivity index (χ3v) is 3.51. The van der Waals surface area contributed by atoms with Crippen molar-refractivity contribution in [3.63, 3.8) is 0 Å². The zero-order chi connectivity index (χ0) is 19.9. The minimum Gasteiger partial charge on any atom is -0.481 e. The van der Waals surface area contributed by atoms with Crippen molar-refractivity contribution in [2.24, 2.45) is 5.73 Å². The molecule has 4 N–H and O–H groups in total. The van der Waals surface area contributed by atoms with Gasteiger partial charge >= 0.3 is 18.2 Å². The van der Waals surface area contributed by atoms with E-state index >= 15 is 0 Å². The normalized spacial score (nSPS) is 13.9. The van der Waals surface area contributed by atoms with Gasteiger partial charge in [-0.05, 0) is 18.6 Å². The number of carboxylic acid groups (broad SMARTS) is 1. The highest BCUT2D eigenvalue weighted by Gasteiger charge is 2.43. The van der Waals surface area contributed by atoms with Crippen LogP contribution in [-0.4, -0.2) is 43.6 Å². The molecular weight excluding hydrogens is 357 g/mol. The highest BCUT2D eigenvalue weighted by molar-refractivity contribution is 5.89. The van der Waals surface area contributed by atoms with Gasteiger partial charge in [0.05, 0.1) is 13.0 Å². The summed E-state index contributed by atoms with van der Waals surface area (Å²) in [6, 6.07) is 2.69. The van der Waals surface area contributed by atoms with Crippen LogP contribution in [0.5, 0.6) is 0 Å². The van der Waals surface area contributed by atoms with Gasteiger partial charge in [-0.15, -0.1) is 0 Å². The molecule has 10 heteroatoms. The van der Waals surface area contributed by atoms with Gasteiger partial charge in [0.1, 0.15) is 0 Å². The number of rotatable bonds is 9. The van der Waals surface area contributed by atoms with E-state index in [0.717, 1.165) is 6.07 Å². The van der Waals surface area contributed by atoms with Crippen molar-refractivity contribution in [3.05, 3.63) is 29.3 Å². The van der Waals surface area contributed by atoms with E-state index in [1.165, 1.54) is 26.2 Å². The lowest BCUT2D eigenvalue weighted by atomic mass is 9.93. The minimum atomic E-state index is -4.71. The smallest absolute Gasteiger partial charge is 0.418 e. The number of nitrogens with two attached hydrogens (primary N) is 1. The number of hydrogen-bond acceptors (Lipinski definition) is 4. The Morgan fingerprint density at radius 2 is 2.00 bits per heavy atom. The van der Waals surface area contributed by atoms with Crippen LogP contribution in [0.1, 0.15) is 36.5 Å². The molecule has 0 aliphatic heterocycles. The summed E-state index contributed by atoms with van der Waals surface area (Å²) in [6.07, 6.45) is -7.26. The quantitative estimate of drug-likeness (QED) is 0.612. The second-order valence-electron chi connectivity index (χ2n) is 5.46. The van der Waals surface area contributed by atoms with Gasteiger partial charge in [-0.1, -0.05) is 12.1 Å². The number of urea groups is 1. The van der Waals surface area contributed by atoms with E-state index in [1.807, 2.05) is 0 Å². The second kappa shape index (κ2) is 9.39. The van der Waals surface area contributed by atoms with E-state index in [4.69, 9.17) is 20.3 Å². The van der Waals surface area contributed by atoms with Crippen LogP contribution in [0.4, 0.5) is 23.7 Å². The van der Waals surface area contributed by atoms with E-state index in [2.05, 4.69) is 5.32 Å².